The minimum absolute atomic E-state index is 0.246. The monoisotopic (exact) mass is 282 g/mol. The Hall–Kier alpha value is -1.85. The number of hydrogen-bond donors (Lipinski definition) is 0. The van der Waals surface area contributed by atoms with Crippen LogP contribution < -0.4 is 11.2 Å². The van der Waals surface area contributed by atoms with Crippen molar-refractivity contribution >= 4 is 5.97 Å². The standard InChI is InChI=1S/C14H22N2O4/c1-9(12(18)20-14(2,3)4)7-10-8-15(5)13(19)16(6)11(10)17/h8-9H,7H2,1-6H3. The lowest BCUT2D eigenvalue weighted by atomic mass is 10.0. The van der Waals surface area contributed by atoms with E-state index in [1.807, 2.05) is 0 Å². The van der Waals surface area contributed by atoms with Gasteiger partial charge in [-0.1, -0.05) is 6.92 Å². The fraction of sp³-hybridized carbons (Fsp3) is 0.643. The molecule has 20 heavy (non-hydrogen) atoms. The molecule has 0 fully saturated rings. The van der Waals surface area contributed by atoms with E-state index in [9.17, 15) is 14.4 Å². The number of carbonyl (C=O) groups excluding carboxylic acids is 1. The second-order valence-electron chi connectivity index (χ2n) is 6.05. The van der Waals surface area contributed by atoms with E-state index in [4.69, 9.17) is 4.74 Å². The fourth-order valence-electron chi connectivity index (χ4n) is 1.84. The van der Waals surface area contributed by atoms with E-state index >= 15 is 0 Å². The lowest BCUT2D eigenvalue weighted by Crippen LogP contribution is -2.39. The zero-order chi connectivity index (χ0) is 15.7. The van der Waals surface area contributed by atoms with Crippen molar-refractivity contribution in [2.75, 3.05) is 0 Å². The summed E-state index contributed by atoms with van der Waals surface area (Å²) in [5.41, 5.74) is -0.889. The van der Waals surface area contributed by atoms with Crippen LogP contribution >= 0.6 is 0 Å². The van der Waals surface area contributed by atoms with Gasteiger partial charge in [-0.3, -0.25) is 14.2 Å². The van der Waals surface area contributed by atoms with Crippen molar-refractivity contribution in [3.63, 3.8) is 0 Å². The number of aryl methyl sites for hydroxylation is 1. The molecule has 0 amide bonds. The van der Waals surface area contributed by atoms with Gasteiger partial charge in [-0.2, -0.15) is 0 Å². The molecule has 1 aromatic rings. The lowest BCUT2D eigenvalue weighted by Gasteiger charge is -2.22. The molecule has 0 saturated heterocycles. The molecular formula is C14H22N2O4. The quantitative estimate of drug-likeness (QED) is 0.761. The summed E-state index contributed by atoms with van der Waals surface area (Å²) in [5, 5.41) is 0. The highest BCUT2D eigenvalue weighted by Crippen LogP contribution is 2.13. The maximum Gasteiger partial charge on any atom is 0.330 e. The predicted molar refractivity (Wildman–Crippen MR) is 75.6 cm³/mol. The molecule has 112 valence electrons. The van der Waals surface area contributed by atoms with E-state index < -0.39 is 11.5 Å². The molecule has 1 unspecified atom stereocenters. The Morgan fingerprint density at radius 3 is 2.35 bits per heavy atom. The van der Waals surface area contributed by atoms with Gasteiger partial charge < -0.3 is 9.30 Å². The van der Waals surface area contributed by atoms with Crippen molar-refractivity contribution in [2.45, 2.75) is 39.7 Å². The van der Waals surface area contributed by atoms with Crippen LogP contribution in [0.4, 0.5) is 0 Å². The first-order valence-electron chi connectivity index (χ1n) is 6.51. The molecule has 0 N–H and O–H groups in total. The van der Waals surface area contributed by atoms with Crippen molar-refractivity contribution in [1.82, 2.24) is 9.13 Å². The summed E-state index contributed by atoms with van der Waals surface area (Å²) in [4.78, 5) is 35.5. The summed E-state index contributed by atoms with van der Waals surface area (Å²) in [6.07, 6.45) is 1.72. The summed E-state index contributed by atoms with van der Waals surface area (Å²) in [6, 6.07) is 0. The maximum absolute atomic E-state index is 12.0. The third kappa shape index (κ3) is 3.82. The van der Waals surface area contributed by atoms with Crippen LogP contribution in [0.3, 0.4) is 0 Å². The molecule has 0 aliphatic carbocycles. The molecule has 1 heterocycles. The number of esters is 1. The van der Waals surface area contributed by atoms with Gasteiger partial charge in [0, 0.05) is 25.9 Å². The van der Waals surface area contributed by atoms with Gasteiger partial charge in [0.25, 0.3) is 5.56 Å². The Balaban J connectivity index is 2.98. The summed E-state index contributed by atoms with van der Waals surface area (Å²) < 4.78 is 7.65. The Morgan fingerprint density at radius 2 is 1.85 bits per heavy atom. The lowest BCUT2D eigenvalue weighted by molar-refractivity contribution is -0.159. The fourth-order valence-corrected chi connectivity index (χ4v) is 1.84. The molecule has 6 heteroatoms. The van der Waals surface area contributed by atoms with Crippen molar-refractivity contribution in [3.8, 4) is 0 Å². The largest absolute Gasteiger partial charge is 0.460 e. The van der Waals surface area contributed by atoms with Gasteiger partial charge in [-0.05, 0) is 27.2 Å². The van der Waals surface area contributed by atoms with Gasteiger partial charge in [0.05, 0.1) is 5.92 Å². The number of rotatable bonds is 3. The second-order valence-corrected chi connectivity index (χ2v) is 6.05. The maximum atomic E-state index is 12.0. The summed E-state index contributed by atoms with van der Waals surface area (Å²) in [6.45, 7) is 7.09. The van der Waals surface area contributed by atoms with Crippen LogP contribution in [0.2, 0.25) is 0 Å². The predicted octanol–water partition coefficient (Wildman–Crippen LogP) is 0.604. The van der Waals surface area contributed by atoms with Gasteiger partial charge in [0.2, 0.25) is 0 Å². The van der Waals surface area contributed by atoms with Crippen molar-refractivity contribution in [3.05, 3.63) is 32.6 Å². The first kappa shape index (κ1) is 16.2. The van der Waals surface area contributed by atoms with E-state index in [1.54, 1.807) is 34.7 Å². The van der Waals surface area contributed by atoms with E-state index in [2.05, 4.69) is 0 Å². The summed E-state index contributed by atoms with van der Waals surface area (Å²) >= 11 is 0. The summed E-state index contributed by atoms with van der Waals surface area (Å²) in [5.74, 6) is -0.798. The highest BCUT2D eigenvalue weighted by atomic mass is 16.6. The van der Waals surface area contributed by atoms with Crippen molar-refractivity contribution < 1.29 is 9.53 Å². The molecule has 0 spiro atoms. The molecule has 1 atom stereocenters. The smallest absolute Gasteiger partial charge is 0.330 e. The van der Waals surface area contributed by atoms with Crippen molar-refractivity contribution in [2.24, 2.45) is 20.0 Å². The minimum atomic E-state index is -0.556. The van der Waals surface area contributed by atoms with Gasteiger partial charge in [0.1, 0.15) is 5.60 Å². The van der Waals surface area contributed by atoms with Gasteiger partial charge >= 0.3 is 11.7 Å². The SMILES string of the molecule is CC(Cc1cn(C)c(=O)n(C)c1=O)C(=O)OC(C)(C)C. The number of aromatic nitrogens is 2. The molecule has 6 nitrogen and oxygen atoms in total. The molecule has 1 rings (SSSR count). The second kappa shape index (κ2) is 5.64. The average Bonchev–Trinajstić information content (AvgIpc) is 2.31. The Labute approximate surface area is 118 Å². The average molecular weight is 282 g/mol. The van der Waals surface area contributed by atoms with E-state index in [-0.39, 0.29) is 23.6 Å². The zero-order valence-electron chi connectivity index (χ0n) is 12.9. The molecule has 0 saturated carbocycles. The molecule has 0 aliphatic heterocycles. The molecule has 1 aromatic heterocycles. The van der Waals surface area contributed by atoms with E-state index in [1.165, 1.54) is 17.8 Å². The number of hydrogen-bond acceptors (Lipinski definition) is 4. The van der Waals surface area contributed by atoms with Crippen LogP contribution in [0.25, 0.3) is 0 Å². The van der Waals surface area contributed by atoms with Crippen LogP contribution in [0.15, 0.2) is 15.8 Å². The molecular weight excluding hydrogens is 260 g/mol. The van der Waals surface area contributed by atoms with Crippen LogP contribution in [-0.4, -0.2) is 20.7 Å². The normalized spacial score (nSPS) is 13.1. The van der Waals surface area contributed by atoms with Crippen LogP contribution in [0, 0.1) is 5.92 Å². The highest BCUT2D eigenvalue weighted by Gasteiger charge is 2.23. The third-order valence-electron chi connectivity index (χ3n) is 2.85. The molecule has 0 aliphatic rings. The molecule has 0 aromatic carbocycles. The van der Waals surface area contributed by atoms with Gasteiger partial charge in [-0.15, -0.1) is 0 Å². The van der Waals surface area contributed by atoms with E-state index in [0.29, 0.717) is 5.56 Å². The van der Waals surface area contributed by atoms with Crippen molar-refractivity contribution in [1.29, 1.82) is 0 Å². The van der Waals surface area contributed by atoms with E-state index in [0.717, 1.165) is 4.57 Å². The van der Waals surface area contributed by atoms with Crippen LogP contribution in [-0.2, 0) is 30.0 Å². The highest BCUT2D eigenvalue weighted by molar-refractivity contribution is 5.72. The Morgan fingerprint density at radius 1 is 1.30 bits per heavy atom. The number of ether oxygens (including phenoxy) is 1. The first-order valence-corrected chi connectivity index (χ1v) is 6.51. The number of nitrogens with zero attached hydrogens (tertiary/aromatic N) is 2. The Kier molecular flexibility index (Phi) is 4.57. The van der Waals surface area contributed by atoms with Gasteiger partial charge in [0.15, 0.2) is 0 Å². The Bertz CT molecular complexity index is 620. The van der Waals surface area contributed by atoms with Crippen LogP contribution in [0.1, 0.15) is 33.3 Å². The third-order valence-corrected chi connectivity index (χ3v) is 2.85. The van der Waals surface area contributed by atoms with Gasteiger partial charge in [-0.25, -0.2) is 4.79 Å². The number of carbonyl (C=O) groups is 1. The zero-order valence-corrected chi connectivity index (χ0v) is 12.9. The molecule has 0 bridgehead atoms. The summed E-state index contributed by atoms with van der Waals surface area (Å²) in [7, 11) is 3.00. The first-order chi connectivity index (χ1) is 9.03. The molecule has 0 radical (unpaired) electrons. The van der Waals surface area contributed by atoms with Crippen LogP contribution in [0.5, 0.6) is 0 Å². The topological polar surface area (TPSA) is 70.3 Å². The minimum Gasteiger partial charge on any atom is -0.460 e.